The summed E-state index contributed by atoms with van der Waals surface area (Å²) in [7, 11) is -3.12. The molecule has 1 aromatic heterocycles. The molecular weight excluding hydrogens is 274 g/mol. The third kappa shape index (κ3) is 4.18. The predicted octanol–water partition coefficient (Wildman–Crippen LogP) is 1.46. The lowest BCUT2D eigenvalue weighted by Crippen LogP contribution is -2.30. The number of benzene rings is 1. The number of sulfone groups is 1. The Hall–Kier alpha value is -1.66. The zero-order valence-electron chi connectivity index (χ0n) is 11.7. The minimum atomic E-state index is -3.12. The third-order valence-electron chi connectivity index (χ3n) is 3.03. The molecule has 1 aromatic carbocycles. The standard InChI is InChI=1S/C14H19N3O2S/c1-12(11-17-9-3-8-16-17)15-10-13-4-6-14(7-5-13)20(2,18)19/h3-9,12,15H,10-11H2,1-2H3/t12-/m1/s1. The summed E-state index contributed by atoms with van der Waals surface area (Å²) in [5.41, 5.74) is 1.06. The van der Waals surface area contributed by atoms with Crippen LogP contribution in [0.4, 0.5) is 0 Å². The van der Waals surface area contributed by atoms with Crippen LogP contribution in [0.2, 0.25) is 0 Å². The summed E-state index contributed by atoms with van der Waals surface area (Å²) in [5, 5.41) is 7.54. The molecule has 0 fully saturated rings. The summed E-state index contributed by atoms with van der Waals surface area (Å²) in [6.45, 7) is 3.59. The molecule has 1 N–H and O–H groups in total. The van der Waals surface area contributed by atoms with Gasteiger partial charge in [-0.1, -0.05) is 12.1 Å². The zero-order valence-corrected chi connectivity index (χ0v) is 12.5. The molecule has 0 aliphatic carbocycles. The quantitative estimate of drug-likeness (QED) is 0.876. The maximum absolute atomic E-state index is 11.4. The summed E-state index contributed by atoms with van der Waals surface area (Å²) in [6.07, 6.45) is 4.90. The van der Waals surface area contributed by atoms with E-state index in [1.165, 1.54) is 6.26 Å². The Balaban J connectivity index is 1.88. The summed E-state index contributed by atoms with van der Waals surface area (Å²) in [6, 6.07) is 9.14. The van der Waals surface area contributed by atoms with Crippen molar-refractivity contribution in [1.29, 1.82) is 0 Å². The highest BCUT2D eigenvalue weighted by Gasteiger charge is 2.07. The van der Waals surface area contributed by atoms with Crippen LogP contribution in [0.25, 0.3) is 0 Å². The molecule has 0 radical (unpaired) electrons. The second-order valence-electron chi connectivity index (χ2n) is 4.93. The van der Waals surface area contributed by atoms with Crippen molar-refractivity contribution < 1.29 is 8.42 Å². The molecule has 1 atom stereocenters. The van der Waals surface area contributed by atoms with Gasteiger partial charge in [-0.3, -0.25) is 4.68 Å². The van der Waals surface area contributed by atoms with E-state index in [0.29, 0.717) is 11.4 Å². The normalized spacial score (nSPS) is 13.3. The van der Waals surface area contributed by atoms with Gasteiger partial charge in [0, 0.05) is 31.2 Å². The summed E-state index contributed by atoms with van der Waals surface area (Å²) < 4.78 is 24.6. The number of hydrogen-bond donors (Lipinski definition) is 1. The predicted molar refractivity (Wildman–Crippen MR) is 78.1 cm³/mol. The first-order chi connectivity index (χ1) is 9.45. The Kier molecular flexibility index (Phi) is 4.57. The van der Waals surface area contributed by atoms with Crippen molar-refractivity contribution in [2.45, 2.75) is 31.0 Å². The molecule has 0 amide bonds. The zero-order chi connectivity index (χ0) is 14.6. The molecule has 108 valence electrons. The molecule has 0 aliphatic rings. The van der Waals surface area contributed by atoms with Crippen LogP contribution in [0.1, 0.15) is 12.5 Å². The molecule has 5 nitrogen and oxygen atoms in total. The number of aromatic nitrogens is 2. The third-order valence-corrected chi connectivity index (χ3v) is 4.15. The van der Waals surface area contributed by atoms with E-state index in [1.807, 2.05) is 29.1 Å². The second-order valence-corrected chi connectivity index (χ2v) is 6.94. The fraction of sp³-hybridized carbons (Fsp3) is 0.357. The van der Waals surface area contributed by atoms with Crippen LogP contribution in [-0.4, -0.2) is 30.5 Å². The molecule has 2 aromatic rings. The Labute approximate surface area is 119 Å². The fourth-order valence-electron chi connectivity index (χ4n) is 1.90. The van der Waals surface area contributed by atoms with E-state index in [1.54, 1.807) is 18.3 Å². The SMILES string of the molecule is C[C@H](Cn1cccn1)NCc1ccc(S(C)(=O)=O)cc1. The lowest BCUT2D eigenvalue weighted by Gasteiger charge is -2.14. The minimum Gasteiger partial charge on any atom is -0.308 e. The first-order valence-electron chi connectivity index (χ1n) is 6.45. The molecule has 0 saturated carbocycles. The van der Waals surface area contributed by atoms with Gasteiger partial charge in [0.2, 0.25) is 0 Å². The molecule has 0 aliphatic heterocycles. The Morgan fingerprint density at radius 3 is 2.55 bits per heavy atom. The molecular formula is C14H19N3O2S. The minimum absolute atomic E-state index is 0.282. The van der Waals surface area contributed by atoms with E-state index >= 15 is 0 Å². The van der Waals surface area contributed by atoms with Crippen LogP contribution in [0.3, 0.4) is 0 Å². The average Bonchev–Trinajstić information content (AvgIpc) is 2.88. The maximum atomic E-state index is 11.4. The lowest BCUT2D eigenvalue weighted by atomic mass is 10.2. The Morgan fingerprint density at radius 2 is 2.00 bits per heavy atom. The summed E-state index contributed by atoms with van der Waals surface area (Å²) >= 11 is 0. The van der Waals surface area contributed by atoms with Crippen molar-refractivity contribution in [2.24, 2.45) is 0 Å². The molecule has 20 heavy (non-hydrogen) atoms. The molecule has 2 rings (SSSR count). The van der Waals surface area contributed by atoms with Crippen molar-refractivity contribution >= 4 is 9.84 Å². The van der Waals surface area contributed by atoms with E-state index in [2.05, 4.69) is 17.3 Å². The molecule has 0 unspecified atom stereocenters. The molecule has 0 bridgehead atoms. The van der Waals surface area contributed by atoms with Gasteiger partial charge in [-0.05, 0) is 30.7 Å². The van der Waals surface area contributed by atoms with Crippen molar-refractivity contribution in [3.8, 4) is 0 Å². The number of rotatable bonds is 6. The van der Waals surface area contributed by atoms with Gasteiger partial charge >= 0.3 is 0 Å². The van der Waals surface area contributed by atoms with Crippen LogP contribution >= 0.6 is 0 Å². The van der Waals surface area contributed by atoms with Gasteiger partial charge < -0.3 is 5.32 Å². The Bertz CT molecular complexity index is 634. The van der Waals surface area contributed by atoms with Crippen molar-refractivity contribution in [2.75, 3.05) is 6.26 Å². The monoisotopic (exact) mass is 293 g/mol. The first-order valence-corrected chi connectivity index (χ1v) is 8.34. The van der Waals surface area contributed by atoms with E-state index in [9.17, 15) is 8.42 Å². The van der Waals surface area contributed by atoms with E-state index in [4.69, 9.17) is 0 Å². The van der Waals surface area contributed by atoms with Crippen molar-refractivity contribution in [1.82, 2.24) is 15.1 Å². The van der Waals surface area contributed by atoms with Gasteiger partial charge in [-0.2, -0.15) is 5.10 Å². The number of nitrogens with one attached hydrogen (secondary N) is 1. The van der Waals surface area contributed by atoms with Gasteiger partial charge in [-0.15, -0.1) is 0 Å². The molecule has 0 spiro atoms. The van der Waals surface area contributed by atoms with E-state index < -0.39 is 9.84 Å². The lowest BCUT2D eigenvalue weighted by molar-refractivity contribution is 0.451. The van der Waals surface area contributed by atoms with Crippen molar-refractivity contribution in [3.63, 3.8) is 0 Å². The van der Waals surface area contributed by atoms with Gasteiger partial charge in [0.25, 0.3) is 0 Å². The molecule has 0 saturated heterocycles. The van der Waals surface area contributed by atoms with E-state index in [0.717, 1.165) is 12.1 Å². The smallest absolute Gasteiger partial charge is 0.175 e. The molecule has 6 heteroatoms. The van der Waals surface area contributed by atoms with Crippen LogP contribution in [0.15, 0.2) is 47.6 Å². The van der Waals surface area contributed by atoms with Crippen LogP contribution in [-0.2, 0) is 22.9 Å². The Morgan fingerprint density at radius 1 is 1.30 bits per heavy atom. The highest BCUT2D eigenvalue weighted by atomic mass is 32.2. The second kappa shape index (κ2) is 6.19. The van der Waals surface area contributed by atoms with Gasteiger partial charge in [0.1, 0.15) is 0 Å². The van der Waals surface area contributed by atoms with Gasteiger partial charge in [0.15, 0.2) is 9.84 Å². The van der Waals surface area contributed by atoms with Crippen LogP contribution in [0.5, 0.6) is 0 Å². The molecule has 1 heterocycles. The average molecular weight is 293 g/mol. The largest absolute Gasteiger partial charge is 0.308 e. The first kappa shape index (κ1) is 14.7. The maximum Gasteiger partial charge on any atom is 0.175 e. The van der Waals surface area contributed by atoms with Gasteiger partial charge in [-0.25, -0.2) is 8.42 Å². The highest BCUT2D eigenvalue weighted by Crippen LogP contribution is 2.10. The number of hydrogen-bond acceptors (Lipinski definition) is 4. The highest BCUT2D eigenvalue weighted by molar-refractivity contribution is 7.90. The van der Waals surface area contributed by atoms with E-state index in [-0.39, 0.29) is 6.04 Å². The van der Waals surface area contributed by atoms with Crippen LogP contribution in [0, 0.1) is 0 Å². The summed E-state index contributed by atoms with van der Waals surface area (Å²) in [4.78, 5) is 0.353. The number of nitrogens with zero attached hydrogens (tertiary/aromatic N) is 2. The summed E-state index contributed by atoms with van der Waals surface area (Å²) in [5.74, 6) is 0. The van der Waals surface area contributed by atoms with Crippen LogP contribution < -0.4 is 5.32 Å². The topological polar surface area (TPSA) is 64.0 Å². The van der Waals surface area contributed by atoms with Crippen molar-refractivity contribution in [3.05, 3.63) is 48.3 Å². The fourth-order valence-corrected chi connectivity index (χ4v) is 2.53. The van der Waals surface area contributed by atoms with Gasteiger partial charge in [0.05, 0.1) is 11.4 Å².